The van der Waals surface area contributed by atoms with E-state index in [1.54, 1.807) is 36.4 Å². The first-order chi connectivity index (χ1) is 11.3. The fourth-order valence-corrected chi connectivity index (χ4v) is 3.01. The predicted octanol–water partition coefficient (Wildman–Crippen LogP) is 3.04. The summed E-state index contributed by atoms with van der Waals surface area (Å²) in [5, 5.41) is 2.79. The van der Waals surface area contributed by atoms with Crippen LogP contribution in [-0.4, -0.2) is 20.4 Å². The first-order valence-electron chi connectivity index (χ1n) is 7.64. The highest BCUT2D eigenvalue weighted by Crippen LogP contribution is 2.17. The van der Waals surface area contributed by atoms with Crippen molar-refractivity contribution in [3.8, 4) is 0 Å². The number of rotatable bonds is 6. The molecule has 0 aromatic heterocycles. The molecular formula is C18H21NO4S. The minimum Gasteiger partial charge on any atom is -0.350 e. The molecule has 2 rings (SSSR count). The molecule has 0 saturated carbocycles. The predicted molar refractivity (Wildman–Crippen MR) is 92.2 cm³/mol. The van der Waals surface area contributed by atoms with Gasteiger partial charge in [0.25, 0.3) is 16.0 Å². The highest BCUT2D eigenvalue weighted by Gasteiger charge is 2.18. The molecule has 128 valence electrons. The lowest BCUT2D eigenvalue weighted by Gasteiger charge is -2.12. The summed E-state index contributed by atoms with van der Waals surface area (Å²) in [6, 6.07) is 13.2. The van der Waals surface area contributed by atoms with Crippen molar-refractivity contribution in [1.82, 2.24) is 5.32 Å². The second-order valence-corrected chi connectivity index (χ2v) is 7.43. The van der Waals surface area contributed by atoms with Crippen LogP contribution in [0.15, 0.2) is 53.4 Å². The zero-order chi connectivity index (χ0) is 17.7. The molecule has 0 unspecified atom stereocenters. The van der Waals surface area contributed by atoms with Crippen LogP contribution in [-0.2, 0) is 20.9 Å². The third kappa shape index (κ3) is 4.66. The highest BCUT2D eigenvalue weighted by molar-refractivity contribution is 7.86. The second-order valence-electron chi connectivity index (χ2n) is 5.81. The molecule has 0 bridgehead atoms. The highest BCUT2D eigenvalue weighted by atomic mass is 32.2. The van der Waals surface area contributed by atoms with E-state index >= 15 is 0 Å². The molecule has 5 nitrogen and oxygen atoms in total. The van der Waals surface area contributed by atoms with Gasteiger partial charge >= 0.3 is 0 Å². The van der Waals surface area contributed by atoms with Crippen LogP contribution in [0.25, 0.3) is 0 Å². The minimum absolute atomic E-state index is 0.0113. The summed E-state index contributed by atoms with van der Waals surface area (Å²) in [7, 11) is -3.87. The molecule has 0 spiro atoms. The largest absolute Gasteiger partial charge is 0.350 e. The van der Waals surface area contributed by atoms with E-state index in [9.17, 15) is 13.2 Å². The van der Waals surface area contributed by atoms with Crippen LogP contribution < -0.4 is 5.32 Å². The summed E-state index contributed by atoms with van der Waals surface area (Å²) < 4.78 is 29.6. The van der Waals surface area contributed by atoms with Crippen LogP contribution in [0.1, 0.15) is 35.3 Å². The van der Waals surface area contributed by atoms with Gasteiger partial charge in [-0.25, -0.2) is 0 Å². The van der Waals surface area contributed by atoms with Crippen LogP contribution in [0.3, 0.4) is 0 Å². The zero-order valence-electron chi connectivity index (χ0n) is 13.9. The van der Waals surface area contributed by atoms with Gasteiger partial charge in [-0.05, 0) is 44.5 Å². The van der Waals surface area contributed by atoms with Gasteiger partial charge in [-0.1, -0.05) is 35.9 Å². The SMILES string of the molecule is Cc1ccc(S(=O)(=O)OCc2ccccc2C(=O)NC(C)C)cc1. The van der Waals surface area contributed by atoms with Crippen molar-refractivity contribution in [2.24, 2.45) is 0 Å². The summed E-state index contributed by atoms with van der Waals surface area (Å²) in [5.41, 5.74) is 1.89. The first kappa shape index (κ1) is 18.2. The van der Waals surface area contributed by atoms with Crippen molar-refractivity contribution in [3.05, 3.63) is 65.2 Å². The van der Waals surface area contributed by atoms with Gasteiger partial charge in [0.05, 0.1) is 11.5 Å². The van der Waals surface area contributed by atoms with E-state index in [2.05, 4.69) is 5.32 Å². The normalized spacial score (nSPS) is 11.5. The number of carbonyl (C=O) groups is 1. The maximum Gasteiger partial charge on any atom is 0.297 e. The van der Waals surface area contributed by atoms with Crippen LogP contribution >= 0.6 is 0 Å². The van der Waals surface area contributed by atoms with Gasteiger partial charge in [0.2, 0.25) is 0 Å². The Morgan fingerprint density at radius 2 is 1.71 bits per heavy atom. The average Bonchev–Trinajstić information content (AvgIpc) is 2.53. The Morgan fingerprint density at radius 3 is 2.33 bits per heavy atom. The number of aryl methyl sites for hydroxylation is 1. The summed E-state index contributed by atoms with van der Waals surface area (Å²) in [6.45, 7) is 5.40. The van der Waals surface area contributed by atoms with Gasteiger partial charge in [-0.3, -0.25) is 8.98 Å². The second kappa shape index (κ2) is 7.59. The van der Waals surface area contributed by atoms with Crippen LogP contribution in [0.2, 0.25) is 0 Å². The fourth-order valence-electron chi connectivity index (χ4n) is 2.12. The van der Waals surface area contributed by atoms with Crippen molar-refractivity contribution >= 4 is 16.0 Å². The third-order valence-corrected chi connectivity index (χ3v) is 4.64. The fraction of sp³-hybridized carbons (Fsp3) is 0.278. The molecule has 0 saturated heterocycles. The van der Waals surface area contributed by atoms with Crippen LogP contribution in [0.4, 0.5) is 0 Å². The van der Waals surface area contributed by atoms with Crippen molar-refractivity contribution in [2.45, 2.75) is 38.3 Å². The van der Waals surface area contributed by atoms with E-state index in [-0.39, 0.29) is 23.5 Å². The Bertz CT molecular complexity index is 811. The summed E-state index contributed by atoms with van der Waals surface area (Å²) in [5.74, 6) is -0.253. The first-order valence-corrected chi connectivity index (χ1v) is 9.05. The Labute approximate surface area is 142 Å². The molecule has 24 heavy (non-hydrogen) atoms. The van der Waals surface area contributed by atoms with Gasteiger partial charge in [0.15, 0.2) is 0 Å². The minimum atomic E-state index is -3.87. The molecule has 0 aliphatic rings. The quantitative estimate of drug-likeness (QED) is 0.815. The number of hydrogen-bond acceptors (Lipinski definition) is 4. The molecule has 0 fully saturated rings. The molecule has 2 aromatic carbocycles. The summed E-state index contributed by atoms with van der Waals surface area (Å²) in [4.78, 5) is 12.3. The van der Waals surface area contributed by atoms with Gasteiger partial charge in [-0.15, -0.1) is 0 Å². The summed E-state index contributed by atoms with van der Waals surface area (Å²) >= 11 is 0. The molecule has 2 aromatic rings. The molecule has 0 radical (unpaired) electrons. The van der Waals surface area contributed by atoms with E-state index in [0.717, 1.165) is 5.56 Å². The molecular weight excluding hydrogens is 326 g/mol. The Morgan fingerprint density at radius 1 is 1.08 bits per heavy atom. The van der Waals surface area contributed by atoms with Crippen LogP contribution in [0.5, 0.6) is 0 Å². The zero-order valence-corrected chi connectivity index (χ0v) is 14.8. The standard InChI is InChI=1S/C18H21NO4S/c1-13(2)19-18(20)17-7-5-4-6-15(17)12-23-24(21,22)16-10-8-14(3)9-11-16/h4-11,13H,12H2,1-3H3,(H,19,20). The van der Waals surface area contributed by atoms with Gasteiger partial charge in [-0.2, -0.15) is 8.42 Å². The maximum absolute atomic E-state index is 12.3. The monoisotopic (exact) mass is 347 g/mol. The number of benzene rings is 2. The van der Waals surface area contributed by atoms with Crippen molar-refractivity contribution in [3.63, 3.8) is 0 Å². The van der Waals surface area contributed by atoms with Crippen molar-refractivity contribution in [1.29, 1.82) is 0 Å². The van der Waals surface area contributed by atoms with E-state index in [4.69, 9.17) is 4.18 Å². The van der Waals surface area contributed by atoms with Crippen molar-refractivity contribution in [2.75, 3.05) is 0 Å². The molecule has 0 aliphatic carbocycles. The van der Waals surface area contributed by atoms with E-state index in [1.165, 1.54) is 12.1 Å². The number of nitrogens with one attached hydrogen (secondary N) is 1. The molecule has 1 N–H and O–H groups in total. The maximum atomic E-state index is 12.3. The topological polar surface area (TPSA) is 72.5 Å². The smallest absolute Gasteiger partial charge is 0.297 e. The number of hydrogen-bond donors (Lipinski definition) is 1. The van der Waals surface area contributed by atoms with Crippen molar-refractivity contribution < 1.29 is 17.4 Å². The van der Waals surface area contributed by atoms with Gasteiger partial charge < -0.3 is 5.32 Å². The lowest BCUT2D eigenvalue weighted by atomic mass is 10.1. The lowest BCUT2D eigenvalue weighted by molar-refractivity contribution is 0.0940. The Balaban J connectivity index is 2.17. The number of carbonyl (C=O) groups excluding carboxylic acids is 1. The van der Waals surface area contributed by atoms with Crippen LogP contribution in [0, 0.1) is 6.92 Å². The van der Waals surface area contributed by atoms with E-state index in [0.29, 0.717) is 11.1 Å². The molecule has 1 amide bonds. The van der Waals surface area contributed by atoms with Gasteiger partial charge in [0.1, 0.15) is 0 Å². The summed E-state index contributed by atoms with van der Waals surface area (Å²) in [6.07, 6.45) is 0. The molecule has 0 heterocycles. The van der Waals surface area contributed by atoms with E-state index < -0.39 is 10.1 Å². The number of amides is 1. The molecule has 0 aliphatic heterocycles. The molecule has 0 atom stereocenters. The van der Waals surface area contributed by atoms with Gasteiger partial charge in [0, 0.05) is 11.6 Å². The molecule has 6 heteroatoms. The lowest BCUT2D eigenvalue weighted by Crippen LogP contribution is -2.30. The van der Waals surface area contributed by atoms with E-state index in [1.807, 2.05) is 20.8 Å². The third-order valence-electron chi connectivity index (χ3n) is 3.36. The Hall–Kier alpha value is -2.18. The average molecular weight is 347 g/mol. The Kier molecular flexibility index (Phi) is 5.75.